The molecule has 0 aromatic heterocycles. The van der Waals surface area contributed by atoms with E-state index < -0.39 is 0 Å². The summed E-state index contributed by atoms with van der Waals surface area (Å²) in [7, 11) is 1.64. The third kappa shape index (κ3) is 5.47. The molecule has 0 unspecified atom stereocenters. The molecule has 0 N–H and O–H groups in total. The Balaban J connectivity index is 1.51. The molecule has 4 rings (SSSR count). The quantitative estimate of drug-likeness (QED) is 0.582. The van der Waals surface area contributed by atoms with Crippen LogP contribution in [0.1, 0.15) is 48.9 Å². The Labute approximate surface area is 201 Å². The van der Waals surface area contributed by atoms with E-state index in [9.17, 15) is 9.59 Å². The number of rotatable bonds is 7. The zero-order valence-electron chi connectivity index (χ0n) is 20.2. The number of likely N-dealkylation sites (tertiary alicyclic amines) is 1. The van der Waals surface area contributed by atoms with E-state index in [0.29, 0.717) is 39.0 Å². The normalized spacial score (nSPS) is 19.1. The highest BCUT2D eigenvalue weighted by Gasteiger charge is 2.35. The second-order valence-corrected chi connectivity index (χ2v) is 8.95. The Kier molecular flexibility index (Phi) is 7.63. The fourth-order valence-corrected chi connectivity index (χ4v) is 4.70. The topological polar surface area (TPSA) is 71.4 Å². The van der Waals surface area contributed by atoms with Crippen LogP contribution in [0.5, 0.6) is 5.75 Å². The highest BCUT2D eigenvalue weighted by Crippen LogP contribution is 2.34. The fourth-order valence-electron chi connectivity index (χ4n) is 4.70. The van der Waals surface area contributed by atoms with E-state index in [1.165, 1.54) is 0 Å². The number of carbonyl (C=O) groups is 2. The van der Waals surface area contributed by atoms with E-state index in [1.54, 1.807) is 12.1 Å². The Morgan fingerprint density at radius 3 is 2.56 bits per heavy atom. The van der Waals surface area contributed by atoms with Gasteiger partial charge in [0.2, 0.25) is 0 Å². The molecule has 2 aliphatic heterocycles. The Hall–Kier alpha value is -3.19. The van der Waals surface area contributed by atoms with Crippen LogP contribution >= 0.6 is 0 Å². The Morgan fingerprint density at radius 1 is 1.09 bits per heavy atom. The lowest BCUT2D eigenvalue weighted by Crippen LogP contribution is -2.43. The summed E-state index contributed by atoms with van der Waals surface area (Å²) in [5, 5.41) is 6.45. The minimum Gasteiger partial charge on any atom is -0.497 e. The highest BCUT2D eigenvalue weighted by atomic mass is 16.5. The van der Waals surface area contributed by atoms with E-state index in [0.717, 1.165) is 28.2 Å². The van der Waals surface area contributed by atoms with Gasteiger partial charge in [-0.15, -0.1) is 0 Å². The lowest BCUT2D eigenvalue weighted by atomic mass is 9.96. The maximum Gasteiger partial charge on any atom is 0.309 e. The number of benzene rings is 2. The Morgan fingerprint density at radius 2 is 1.85 bits per heavy atom. The van der Waals surface area contributed by atoms with Crippen molar-refractivity contribution in [3.8, 4) is 5.75 Å². The van der Waals surface area contributed by atoms with Crippen LogP contribution in [-0.4, -0.2) is 60.8 Å². The van der Waals surface area contributed by atoms with Crippen LogP contribution in [-0.2, 0) is 14.3 Å². The van der Waals surface area contributed by atoms with Gasteiger partial charge in [-0.3, -0.25) is 14.5 Å². The number of esters is 1. The molecule has 1 atom stereocenters. The first-order chi connectivity index (χ1) is 16.5. The van der Waals surface area contributed by atoms with Gasteiger partial charge in [-0.05, 0) is 63.0 Å². The SMILES string of the molecule is CCOC(=O)C1CCN(CC(=O)N2N=C(c3cccc(C)c3)C[C@H]2c2cccc(OC)c2)CC1. The van der Waals surface area contributed by atoms with Crippen molar-refractivity contribution in [1.82, 2.24) is 9.91 Å². The maximum absolute atomic E-state index is 13.5. The molecule has 0 bridgehead atoms. The van der Waals surface area contributed by atoms with Crippen molar-refractivity contribution in [3.63, 3.8) is 0 Å². The number of methoxy groups -OCH3 is 1. The van der Waals surface area contributed by atoms with Crippen LogP contribution in [0.15, 0.2) is 53.6 Å². The van der Waals surface area contributed by atoms with Crippen molar-refractivity contribution in [2.75, 3.05) is 33.4 Å². The molecule has 180 valence electrons. The van der Waals surface area contributed by atoms with Crippen molar-refractivity contribution in [1.29, 1.82) is 0 Å². The molecule has 7 nitrogen and oxygen atoms in total. The minimum absolute atomic E-state index is 0.0370. The molecule has 0 aliphatic carbocycles. The number of carbonyl (C=O) groups excluding carboxylic acids is 2. The number of aryl methyl sites for hydroxylation is 1. The van der Waals surface area contributed by atoms with Gasteiger partial charge in [0.05, 0.1) is 37.9 Å². The smallest absolute Gasteiger partial charge is 0.309 e. The van der Waals surface area contributed by atoms with Crippen LogP contribution in [0.25, 0.3) is 0 Å². The predicted molar refractivity (Wildman–Crippen MR) is 131 cm³/mol. The molecule has 34 heavy (non-hydrogen) atoms. The molecule has 2 heterocycles. The third-order valence-electron chi connectivity index (χ3n) is 6.56. The molecular formula is C27H33N3O4. The summed E-state index contributed by atoms with van der Waals surface area (Å²) in [6.45, 7) is 5.95. The molecular weight excluding hydrogens is 430 g/mol. The van der Waals surface area contributed by atoms with Crippen LogP contribution < -0.4 is 4.74 Å². The van der Waals surface area contributed by atoms with E-state index in [1.807, 2.05) is 43.3 Å². The van der Waals surface area contributed by atoms with Crippen LogP contribution in [0, 0.1) is 12.8 Å². The largest absolute Gasteiger partial charge is 0.497 e. The van der Waals surface area contributed by atoms with E-state index in [2.05, 4.69) is 24.0 Å². The second-order valence-electron chi connectivity index (χ2n) is 8.95. The lowest BCUT2D eigenvalue weighted by molar-refractivity contribution is -0.149. The standard InChI is InChI=1S/C27H33N3O4/c1-4-34-27(32)20-11-13-29(14-12-20)18-26(31)30-25(22-9-6-10-23(16-22)33-3)17-24(28-30)21-8-5-7-19(2)15-21/h5-10,15-16,20,25H,4,11-14,17-18H2,1-3H3/t25-/m0/s1. The summed E-state index contributed by atoms with van der Waals surface area (Å²) in [5.74, 6) is 0.520. The molecule has 1 saturated heterocycles. The lowest BCUT2D eigenvalue weighted by Gasteiger charge is -2.32. The number of amides is 1. The van der Waals surface area contributed by atoms with Crippen LogP contribution in [0.3, 0.4) is 0 Å². The summed E-state index contributed by atoms with van der Waals surface area (Å²) in [6.07, 6.45) is 2.07. The van der Waals surface area contributed by atoms with Crippen molar-refractivity contribution < 1.29 is 19.1 Å². The van der Waals surface area contributed by atoms with Gasteiger partial charge < -0.3 is 9.47 Å². The summed E-state index contributed by atoms with van der Waals surface area (Å²) >= 11 is 0. The van der Waals surface area contributed by atoms with Gasteiger partial charge in [0.1, 0.15) is 5.75 Å². The van der Waals surface area contributed by atoms with Gasteiger partial charge >= 0.3 is 5.97 Å². The second kappa shape index (κ2) is 10.8. The zero-order valence-corrected chi connectivity index (χ0v) is 20.2. The summed E-state index contributed by atoms with van der Waals surface area (Å²) in [5.41, 5.74) is 4.11. The average Bonchev–Trinajstić information content (AvgIpc) is 3.31. The van der Waals surface area contributed by atoms with E-state index >= 15 is 0 Å². The van der Waals surface area contributed by atoms with Gasteiger partial charge in [-0.25, -0.2) is 5.01 Å². The number of hydrogen-bond acceptors (Lipinski definition) is 6. The summed E-state index contributed by atoms with van der Waals surface area (Å²) in [4.78, 5) is 27.6. The molecule has 7 heteroatoms. The Bertz CT molecular complexity index is 1060. The molecule has 2 aromatic rings. The van der Waals surface area contributed by atoms with Crippen LogP contribution in [0.4, 0.5) is 0 Å². The van der Waals surface area contributed by atoms with E-state index in [-0.39, 0.29) is 30.4 Å². The van der Waals surface area contributed by atoms with Gasteiger partial charge in [0, 0.05) is 6.42 Å². The first-order valence-electron chi connectivity index (χ1n) is 12.0. The first-order valence-corrected chi connectivity index (χ1v) is 12.0. The number of nitrogens with zero attached hydrogens (tertiary/aromatic N) is 3. The number of piperidine rings is 1. The number of hydrogen-bond donors (Lipinski definition) is 0. The van der Waals surface area contributed by atoms with Crippen molar-refractivity contribution in [3.05, 3.63) is 65.2 Å². The molecule has 1 amide bonds. The summed E-state index contributed by atoms with van der Waals surface area (Å²) in [6, 6.07) is 15.9. The third-order valence-corrected chi connectivity index (χ3v) is 6.56. The monoisotopic (exact) mass is 463 g/mol. The van der Waals surface area contributed by atoms with E-state index in [4.69, 9.17) is 14.6 Å². The van der Waals surface area contributed by atoms with Crippen molar-refractivity contribution >= 4 is 17.6 Å². The molecule has 0 spiro atoms. The molecule has 2 aromatic carbocycles. The predicted octanol–water partition coefficient (Wildman–Crippen LogP) is 3.96. The number of ether oxygens (including phenoxy) is 2. The fraction of sp³-hybridized carbons (Fsp3) is 0.444. The zero-order chi connectivity index (χ0) is 24.1. The van der Waals surface area contributed by atoms with Gasteiger partial charge in [0.15, 0.2) is 0 Å². The average molecular weight is 464 g/mol. The van der Waals surface area contributed by atoms with Gasteiger partial charge in [0.25, 0.3) is 5.91 Å². The molecule has 0 radical (unpaired) electrons. The van der Waals surface area contributed by atoms with Crippen LogP contribution in [0.2, 0.25) is 0 Å². The molecule has 0 saturated carbocycles. The first kappa shape index (κ1) is 24.0. The molecule has 2 aliphatic rings. The molecule has 1 fully saturated rings. The number of hydrazone groups is 1. The highest BCUT2D eigenvalue weighted by molar-refractivity contribution is 6.03. The van der Waals surface area contributed by atoms with Crippen molar-refractivity contribution in [2.45, 2.75) is 39.2 Å². The van der Waals surface area contributed by atoms with Crippen molar-refractivity contribution in [2.24, 2.45) is 11.0 Å². The minimum atomic E-state index is -0.185. The summed E-state index contributed by atoms with van der Waals surface area (Å²) < 4.78 is 10.6. The maximum atomic E-state index is 13.5. The van der Waals surface area contributed by atoms with Gasteiger partial charge in [-0.1, -0.05) is 42.0 Å². The van der Waals surface area contributed by atoms with Gasteiger partial charge in [-0.2, -0.15) is 5.10 Å².